The number of anilines is 1. The molecule has 5 nitrogen and oxygen atoms in total. The zero-order valence-corrected chi connectivity index (χ0v) is 18.7. The van der Waals surface area contributed by atoms with Crippen LogP contribution >= 0.6 is 24.0 Å². The molecule has 1 saturated carbocycles. The lowest BCUT2D eigenvalue weighted by atomic mass is 9.57. The first kappa shape index (κ1) is 20.6. The third kappa shape index (κ3) is 3.77. The number of halogens is 2. The fourth-order valence-corrected chi connectivity index (χ4v) is 4.88. The van der Waals surface area contributed by atoms with Gasteiger partial charge in [-0.25, -0.2) is 4.39 Å². The van der Waals surface area contributed by atoms with Crippen LogP contribution in [0.25, 0.3) is 0 Å². The number of aliphatic imine (C=N–C) groups is 1. The molecular weight excluding hydrogens is 458 g/mol. The fraction of sp³-hybridized carbons (Fsp3) is 0.650. The molecule has 3 atom stereocenters. The van der Waals surface area contributed by atoms with Crippen LogP contribution in [0.5, 0.6) is 0 Å². The van der Waals surface area contributed by atoms with E-state index in [4.69, 9.17) is 4.74 Å². The van der Waals surface area contributed by atoms with Gasteiger partial charge in [0.15, 0.2) is 5.96 Å². The van der Waals surface area contributed by atoms with Crippen LogP contribution in [0.1, 0.15) is 20.3 Å². The molecule has 3 unspecified atom stereocenters. The lowest BCUT2D eigenvalue weighted by Gasteiger charge is -2.55. The van der Waals surface area contributed by atoms with Gasteiger partial charge in [-0.2, -0.15) is 0 Å². The molecule has 0 aromatic heterocycles. The molecule has 0 amide bonds. The lowest BCUT2D eigenvalue weighted by molar-refractivity contribution is -0.107. The lowest BCUT2D eigenvalue weighted by Crippen LogP contribution is -2.68. The van der Waals surface area contributed by atoms with Crippen LogP contribution < -0.4 is 10.2 Å². The highest BCUT2D eigenvalue weighted by molar-refractivity contribution is 14.0. The second kappa shape index (κ2) is 8.11. The van der Waals surface area contributed by atoms with Crippen molar-refractivity contribution in [1.29, 1.82) is 0 Å². The fourth-order valence-electron chi connectivity index (χ4n) is 4.88. The van der Waals surface area contributed by atoms with E-state index < -0.39 is 0 Å². The smallest absolute Gasteiger partial charge is 0.194 e. The van der Waals surface area contributed by atoms with Crippen molar-refractivity contribution in [2.24, 2.45) is 16.3 Å². The molecule has 3 fully saturated rings. The van der Waals surface area contributed by atoms with Crippen LogP contribution in [-0.4, -0.2) is 62.8 Å². The van der Waals surface area contributed by atoms with E-state index >= 15 is 0 Å². The van der Waals surface area contributed by atoms with Crippen molar-refractivity contribution < 1.29 is 9.13 Å². The molecule has 2 aliphatic heterocycles. The number of piperazine rings is 1. The summed E-state index contributed by atoms with van der Waals surface area (Å²) in [6.45, 7) is 9.11. The Morgan fingerprint density at radius 3 is 2.48 bits per heavy atom. The number of rotatable bonds is 2. The van der Waals surface area contributed by atoms with Crippen molar-refractivity contribution in [2.45, 2.75) is 32.4 Å². The van der Waals surface area contributed by atoms with Gasteiger partial charge >= 0.3 is 0 Å². The third-order valence-corrected chi connectivity index (χ3v) is 6.37. The number of ether oxygens (including phenoxy) is 1. The standard InChI is InChI=1S/C20H29FN4O.HI/c1-20(2)17(16-8-13-26-18(16)20)23-19(22-3)25-11-9-24(10-12-25)15-6-4-14(21)5-7-15;/h4-7,16-18H,8-13H2,1-3H3,(H,22,23);1H. The SMILES string of the molecule is CN=C(NC1C2CCOC2C1(C)C)N1CCN(c2ccc(F)cc2)CC1.I. The highest BCUT2D eigenvalue weighted by Crippen LogP contribution is 2.52. The van der Waals surface area contributed by atoms with Crippen LogP contribution in [0.3, 0.4) is 0 Å². The highest BCUT2D eigenvalue weighted by atomic mass is 127. The molecule has 1 aromatic carbocycles. The maximum absolute atomic E-state index is 13.1. The molecule has 27 heavy (non-hydrogen) atoms. The van der Waals surface area contributed by atoms with Crippen LogP contribution in [0.2, 0.25) is 0 Å². The average molecular weight is 488 g/mol. The minimum absolute atomic E-state index is 0. The molecule has 2 heterocycles. The molecule has 0 radical (unpaired) electrons. The summed E-state index contributed by atoms with van der Waals surface area (Å²) in [5.74, 6) is 1.41. The number of guanidine groups is 1. The molecule has 7 heteroatoms. The Bertz CT molecular complexity index is 673. The van der Waals surface area contributed by atoms with E-state index in [0.717, 1.165) is 50.9 Å². The molecule has 150 valence electrons. The van der Waals surface area contributed by atoms with Gasteiger partial charge in [0.2, 0.25) is 0 Å². The normalized spacial score (nSPS) is 29.6. The molecular formula is C20H30FIN4O. The Morgan fingerprint density at radius 2 is 1.85 bits per heavy atom. The summed E-state index contributed by atoms with van der Waals surface area (Å²) >= 11 is 0. The number of hydrogen-bond donors (Lipinski definition) is 1. The van der Waals surface area contributed by atoms with Gasteiger partial charge in [-0.1, -0.05) is 13.8 Å². The number of fused-ring (bicyclic) bond motifs is 1. The number of hydrogen-bond acceptors (Lipinski definition) is 3. The van der Waals surface area contributed by atoms with Gasteiger partial charge in [0.25, 0.3) is 0 Å². The Morgan fingerprint density at radius 1 is 1.19 bits per heavy atom. The van der Waals surface area contributed by atoms with Gasteiger partial charge < -0.3 is 19.9 Å². The quantitative estimate of drug-likeness (QED) is 0.395. The molecule has 1 aliphatic carbocycles. The summed E-state index contributed by atoms with van der Waals surface area (Å²) in [4.78, 5) is 9.18. The predicted octanol–water partition coefficient (Wildman–Crippen LogP) is 2.95. The first-order chi connectivity index (χ1) is 12.5. The topological polar surface area (TPSA) is 40.1 Å². The van der Waals surface area contributed by atoms with Crippen molar-refractivity contribution in [2.75, 3.05) is 44.7 Å². The van der Waals surface area contributed by atoms with Crippen molar-refractivity contribution in [1.82, 2.24) is 10.2 Å². The third-order valence-electron chi connectivity index (χ3n) is 6.37. The molecule has 1 N–H and O–H groups in total. The summed E-state index contributed by atoms with van der Waals surface area (Å²) in [6, 6.07) is 7.19. The summed E-state index contributed by atoms with van der Waals surface area (Å²) in [7, 11) is 1.86. The second-order valence-corrected chi connectivity index (χ2v) is 8.19. The maximum atomic E-state index is 13.1. The Kier molecular flexibility index (Phi) is 6.20. The second-order valence-electron chi connectivity index (χ2n) is 8.19. The Hall–Kier alpha value is -1.09. The first-order valence-electron chi connectivity index (χ1n) is 9.61. The van der Waals surface area contributed by atoms with E-state index in [1.54, 1.807) is 0 Å². The Balaban J connectivity index is 0.00000210. The zero-order chi connectivity index (χ0) is 18.3. The van der Waals surface area contributed by atoms with Gasteiger partial charge in [0, 0.05) is 62.9 Å². The summed E-state index contributed by atoms with van der Waals surface area (Å²) in [6.07, 6.45) is 1.52. The van der Waals surface area contributed by atoms with Gasteiger partial charge in [-0.05, 0) is 30.7 Å². The van der Waals surface area contributed by atoms with E-state index in [1.165, 1.54) is 12.1 Å². The largest absolute Gasteiger partial charge is 0.377 e. The molecule has 4 rings (SSSR count). The summed E-state index contributed by atoms with van der Waals surface area (Å²) in [5, 5.41) is 3.72. The average Bonchev–Trinajstić information content (AvgIpc) is 3.10. The van der Waals surface area contributed by atoms with Crippen LogP contribution in [0, 0.1) is 17.2 Å². The monoisotopic (exact) mass is 488 g/mol. The summed E-state index contributed by atoms with van der Waals surface area (Å²) < 4.78 is 19.0. The van der Waals surface area contributed by atoms with Crippen molar-refractivity contribution in [3.63, 3.8) is 0 Å². The van der Waals surface area contributed by atoms with Gasteiger partial charge in [0.1, 0.15) is 5.82 Å². The molecule has 0 bridgehead atoms. The molecule has 1 aromatic rings. The van der Waals surface area contributed by atoms with Crippen molar-refractivity contribution in [3.8, 4) is 0 Å². The highest BCUT2D eigenvalue weighted by Gasteiger charge is 2.59. The van der Waals surface area contributed by atoms with Crippen LogP contribution in [0.4, 0.5) is 10.1 Å². The predicted molar refractivity (Wildman–Crippen MR) is 118 cm³/mol. The number of nitrogens with zero attached hydrogens (tertiary/aromatic N) is 3. The van der Waals surface area contributed by atoms with E-state index in [-0.39, 0.29) is 35.2 Å². The van der Waals surface area contributed by atoms with Crippen LogP contribution in [-0.2, 0) is 4.74 Å². The zero-order valence-electron chi connectivity index (χ0n) is 16.3. The van der Waals surface area contributed by atoms with Gasteiger partial charge in [0.05, 0.1) is 6.10 Å². The minimum Gasteiger partial charge on any atom is -0.377 e. The van der Waals surface area contributed by atoms with E-state index in [2.05, 4.69) is 34.0 Å². The Labute approximate surface area is 178 Å². The van der Waals surface area contributed by atoms with Crippen LogP contribution in [0.15, 0.2) is 29.3 Å². The first-order valence-corrected chi connectivity index (χ1v) is 9.61. The minimum atomic E-state index is -0.186. The molecule has 3 aliphatic rings. The van der Waals surface area contributed by atoms with E-state index in [9.17, 15) is 4.39 Å². The van der Waals surface area contributed by atoms with E-state index in [0.29, 0.717) is 18.1 Å². The van der Waals surface area contributed by atoms with Crippen molar-refractivity contribution in [3.05, 3.63) is 30.1 Å². The molecule has 2 saturated heterocycles. The summed E-state index contributed by atoms with van der Waals surface area (Å²) in [5.41, 5.74) is 1.23. The van der Waals surface area contributed by atoms with E-state index in [1.807, 2.05) is 19.2 Å². The molecule has 0 spiro atoms. The van der Waals surface area contributed by atoms with Crippen molar-refractivity contribution >= 4 is 35.6 Å². The van der Waals surface area contributed by atoms with Gasteiger partial charge in [-0.15, -0.1) is 24.0 Å². The van der Waals surface area contributed by atoms with Gasteiger partial charge in [-0.3, -0.25) is 4.99 Å². The number of nitrogens with one attached hydrogen (secondary N) is 1. The number of benzene rings is 1. The maximum Gasteiger partial charge on any atom is 0.194 e.